The second-order valence-electron chi connectivity index (χ2n) is 3.31. The third kappa shape index (κ3) is 2.20. The normalized spacial score (nSPS) is 10.1. The van der Waals surface area contributed by atoms with Crippen LogP contribution in [0.3, 0.4) is 0 Å². The number of hydrogen-bond donors (Lipinski definition) is 1. The van der Waals surface area contributed by atoms with Gasteiger partial charge in [0.15, 0.2) is 0 Å². The molecule has 0 saturated heterocycles. The molecule has 82 valence electrons. The van der Waals surface area contributed by atoms with Gasteiger partial charge in [-0.3, -0.25) is 0 Å². The number of hydrogen-bond acceptors (Lipinski definition) is 5. The van der Waals surface area contributed by atoms with Crippen LogP contribution in [0.15, 0.2) is 30.5 Å². The van der Waals surface area contributed by atoms with Gasteiger partial charge in [-0.25, -0.2) is 4.79 Å². The van der Waals surface area contributed by atoms with Crippen LogP contribution in [0.2, 0.25) is 0 Å². The fraction of sp³-hybridized carbons (Fsp3) is 0.0909. The maximum absolute atomic E-state index is 11.7. The lowest BCUT2D eigenvalue weighted by atomic mass is 10.2. The standard InChI is InChI=1S/C11H10N2O2S/c1-7-3-2-4-8(5-7)15-11(14)9-6-13-16-10(9)12/h2-6H,12H2,1H3. The number of benzene rings is 1. The first-order valence-electron chi connectivity index (χ1n) is 4.66. The van der Waals surface area contributed by atoms with Crippen molar-refractivity contribution in [3.63, 3.8) is 0 Å². The molecule has 5 heteroatoms. The fourth-order valence-corrected chi connectivity index (χ4v) is 1.75. The monoisotopic (exact) mass is 234 g/mol. The summed E-state index contributed by atoms with van der Waals surface area (Å²) in [7, 11) is 0. The summed E-state index contributed by atoms with van der Waals surface area (Å²) in [5, 5.41) is 0.373. The predicted octanol–water partition coefficient (Wildman–Crippen LogP) is 2.25. The number of nitrogens with two attached hydrogens (primary N) is 1. The van der Waals surface area contributed by atoms with E-state index in [0.29, 0.717) is 16.3 Å². The molecule has 1 aromatic heterocycles. The first-order valence-corrected chi connectivity index (χ1v) is 5.43. The average Bonchev–Trinajstić information content (AvgIpc) is 2.64. The first kappa shape index (κ1) is 10.6. The van der Waals surface area contributed by atoms with E-state index in [4.69, 9.17) is 10.5 Å². The molecule has 0 bridgehead atoms. The molecule has 0 aliphatic heterocycles. The van der Waals surface area contributed by atoms with Crippen molar-refractivity contribution in [2.75, 3.05) is 5.73 Å². The van der Waals surface area contributed by atoms with Gasteiger partial charge in [0.1, 0.15) is 16.3 Å². The highest BCUT2D eigenvalue weighted by atomic mass is 32.1. The molecule has 4 nitrogen and oxygen atoms in total. The molecule has 2 rings (SSSR count). The average molecular weight is 234 g/mol. The number of rotatable bonds is 2. The number of aromatic nitrogens is 1. The van der Waals surface area contributed by atoms with Crippen LogP contribution in [-0.4, -0.2) is 10.3 Å². The Morgan fingerprint density at radius 1 is 1.50 bits per heavy atom. The van der Waals surface area contributed by atoms with Gasteiger partial charge in [0, 0.05) is 0 Å². The van der Waals surface area contributed by atoms with E-state index in [1.54, 1.807) is 12.1 Å². The second kappa shape index (κ2) is 4.32. The minimum Gasteiger partial charge on any atom is -0.423 e. The Balaban J connectivity index is 2.17. The minimum absolute atomic E-state index is 0.312. The molecule has 0 atom stereocenters. The Labute approximate surface area is 96.8 Å². The highest BCUT2D eigenvalue weighted by Crippen LogP contribution is 2.19. The summed E-state index contributed by atoms with van der Waals surface area (Å²) in [6.45, 7) is 1.93. The second-order valence-corrected chi connectivity index (χ2v) is 4.14. The highest BCUT2D eigenvalue weighted by molar-refractivity contribution is 7.10. The Kier molecular flexibility index (Phi) is 2.87. The van der Waals surface area contributed by atoms with Crippen molar-refractivity contribution in [2.24, 2.45) is 0 Å². The summed E-state index contributed by atoms with van der Waals surface area (Å²) in [5.41, 5.74) is 6.92. The van der Waals surface area contributed by atoms with Crippen molar-refractivity contribution in [1.82, 2.24) is 4.37 Å². The molecular weight excluding hydrogens is 224 g/mol. The van der Waals surface area contributed by atoms with Gasteiger partial charge in [-0.2, -0.15) is 4.37 Å². The third-order valence-corrected chi connectivity index (χ3v) is 2.65. The first-order chi connectivity index (χ1) is 7.66. The number of ether oxygens (including phenoxy) is 1. The molecule has 2 N–H and O–H groups in total. The van der Waals surface area contributed by atoms with Crippen LogP contribution >= 0.6 is 11.5 Å². The Hall–Kier alpha value is -1.88. The van der Waals surface area contributed by atoms with Gasteiger partial charge in [-0.15, -0.1) is 0 Å². The van der Waals surface area contributed by atoms with Crippen LogP contribution in [0.25, 0.3) is 0 Å². The van der Waals surface area contributed by atoms with Crippen molar-refractivity contribution in [1.29, 1.82) is 0 Å². The summed E-state index contributed by atoms with van der Waals surface area (Å²) in [6, 6.07) is 7.26. The van der Waals surface area contributed by atoms with Gasteiger partial charge in [-0.1, -0.05) is 12.1 Å². The summed E-state index contributed by atoms with van der Waals surface area (Å²) >= 11 is 1.07. The van der Waals surface area contributed by atoms with E-state index in [1.807, 2.05) is 19.1 Å². The van der Waals surface area contributed by atoms with Gasteiger partial charge in [0.2, 0.25) is 0 Å². The maximum Gasteiger partial charge on any atom is 0.348 e. The van der Waals surface area contributed by atoms with Gasteiger partial charge < -0.3 is 10.5 Å². The van der Waals surface area contributed by atoms with Crippen molar-refractivity contribution in [3.8, 4) is 5.75 Å². The summed E-state index contributed by atoms with van der Waals surface area (Å²) in [5.74, 6) is 0.0347. The summed E-state index contributed by atoms with van der Waals surface area (Å²) in [4.78, 5) is 11.7. The highest BCUT2D eigenvalue weighted by Gasteiger charge is 2.14. The number of esters is 1. The Bertz CT molecular complexity index is 522. The third-order valence-electron chi connectivity index (χ3n) is 2.02. The van der Waals surface area contributed by atoms with Crippen molar-refractivity contribution >= 4 is 22.5 Å². The quantitative estimate of drug-likeness (QED) is 0.639. The number of nitrogen functional groups attached to an aromatic ring is 1. The molecule has 0 aliphatic carbocycles. The van der Waals surface area contributed by atoms with Crippen LogP contribution in [0, 0.1) is 6.92 Å². The number of anilines is 1. The Morgan fingerprint density at radius 2 is 2.31 bits per heavy atom. The van der Waals surface area contributed by atoms with E-state index in [0.717, 1.165) is 17.1 Å². The number of nitrogens with zero attached hydrogens (tertiary/aromatic N) is 1. The smallest absolute Gasteiger partial charge is 0.348 e. The minimum atomic E-state index is -0.475. The largest absolute Gasteiger partial charge is 0.423 e. The molecule has 16 heavy (non-hydrogen) atoms. The lowest BCUT2D eigenvalue weighted by Gasteiger charge is -2.03. The number of carbonyl (C=O) groups excluding carboxylic acids is 1. The Morgan fingerprint density at radius 3 is 2.94 bits per heavy atom. The van der Waals surface area contributed by atoms with Crippen LogP contribution in [0.5, 0.6) is 5.75 Å². The van der Waals surface area contributed by atoms with E-state index in [1.165, 1.54) is 6.20 Å². The SMILES string of the molecule is Cc1cccc(OC(=O)c2cnsc2N)c1. The van der Waals surface area contributed by atoms with Crippen LogP contribution in [-0.2, 0) is 0 Å². The predicted molar refractivity (Wildman–Crippen MR) is 62.7 cm³/mol. The molecule has 0 spiro atoms. The molecule has 1 aromatic carbocycles. The summed E-state index contributed by atoms with van der Waals surface area (Å²) in [6.07, 6.45) is 1.41. The maximum atomic E-state index is 11.7. The summed E-state index contributed by atoms with van der Waals surface area (Å²) < 4.78 is 8.99. The molecule has 0 aliphatic rings. The molecule has 1 heterocycles. The zero-order valence-corrected chi connectivity index (χ0v) is 9.45. The molecule has 0 unspecified atom stereocenters. The van der Waals surface area contributed by atoms with E-state index in [2.05, 4.69) is 4.37 Å². The lowest BCUT2D eigenvalue weighted by Crippen LogP contribution is -2.09. The van der Waals surface area contributed by atoms with E-state index >= 15 is 0 Å². The van der Waals surface area contributed by atoms with Gasteiger partial charge in [-0.05, 0) is 36.2 Å². The molecule has 0 saturated carbocycles. The fourth-order valence-electron chi connectivity index (χ4n) is 1.24. The van der Waals surface area contributed by atoms with Gasteiger partial charge >= 0.3 is 5.97 Å². The van der Waals surface area contributed by atoms with Crippen molar-refractivity contribution in [2.45, 2.75) is 6.92 Å². The lowest BCUT2D eigenvalue weighted by molar-refractivity contribution is 0.0736. The van der Waals surface area contributed by atoms with E-state index in [-0.39, 0.29) is 0 Å². The molecule has 0 fully saturated rings. The van der Waals surface area contributed by atoms with Crippen molar-refractivity contribution < 1.29 is 9.53 Å². The van der Waals surface area contributed by atoms with E-state index < -0.39 is 5.97 Å². The molecular formula is C11H10N2O2S. The van der Waals surface area contributed by atoms with Crippen LogP contribution in [0.4, 0.5) is 5.00 Å². The van der Waals surface area contributed by atoms with Crippen molar-refractivity contribution in [3.05, 3.63) is 41.6 Å². The topological polar surface area (TPSA) is 65.2 Å². The molecule has 0 amide bonds. The van der Waals surface area contributed by atoms with Crippen LogP contribution < -0.4 is 10.5 Å². The van der Waals surface area contributed by atoms with E-state index in [9.17, 15) is 4.79 Å². The van der Waals surface area contributed by atoms with Gasteiger partial charge in [0.05, 0.1) is 6.20 Å². The molecule has 2 aromatic rings. The van der Waals surface area contributed by atoms with Crippen LogP contribution in [0.1, 0.15) is 15.9 Å². The number of carbonyl (C=O) groups is 1. The zero-order valence-electron chi connectivity index (χ0n) is 8.64. The number of aryl methyl sites for hydroxylation is 1. The van der Waals surface area contributed by atoms with Gasteiger partial charge in [0.25, 0.3) is 0 Å². The zero-order chi connectivity index (χ0) is 11.5. The molecule has 0 radical (unpaired) electrons.